The summed E-state index contributed by atoms with van der Waals surface area (Å²) in [4.78, 5) is 17.1. The minimum absolute atomic E-state index is 0.217. The number of hydrogen-bond donors (Lipinski definition) is 1. The van der Waals surface area contributed by atoms with Crippen LogP contribution < -0.4 is 5.32 Å². The fourth-order valence-electron chi connectivity index (χ4n) is 3.23. The Kier molecular flexibility index (Phi) is 5.20. The summed E-state index contributed by atoms with van der Waals surface area (Å²) >= 11 is 7.69. The monoisotopic (exact) mass is 409 g/mol. The molecular weight excluding hydrogens is 390 g/mol. The van der Waals surface area contributed by atoms with Gasteiger partial charge in [0.05, 0.1) is 5.52 Å². The molecule has 2 heterocycles. The van der Waals surface area contributed by atoms with Gasteiger partial charge in [-0.15, -0.1) is 11.3 Å². The summed E-state index contributed by atoms with van der Waals surface area (Å²) in [5.41, 5.74) is 3.41. The van der Waals surface area contributed by atoms with Crippen molar-refractivity contribution in [2.24, 2.45) is 5.92 Å². The first-order valence-electron chi connectivity index (χ1n) is 9.13. The van der Waals surface area contributed by atoms with Crippen LogP contribution in [-0.4, -0.2) is 15.5 Å². The third-order valence-electron chi connectivity index (χ3n) is 4.44. The normalized spacial score (nSPS) is 11.3. The zero-order chi connectivity index (χ0) is 19.7. The van der Waals surface area contributed by atoms with Gasteiger partial charge in [-0.25, -0.2) is 4.98 Å². The van der Waals surface area contributed by atoms with Gasteiger partial charge < -0.3 is 5.32 Å². The van der Waals surface area contributed by atoms with E-state index in [1.165, 1.54) is 22.3 Å². The lowest BCUT2D eigenvalue weighted by Crippen LogP contribution is -2.12. The molecule has 0 aliphatic heterocycles. The van der Waals surface area contributed by atoms with Gasteiger partial charge in [-0.2, -0.15) is 0 Å². The summed E-state index contributed by atoms with van der Waals surface area (Å²) in [7, 11) is 0. The van der Waals surface area contributed by atoms with Crippen molar-refractivity contribution in [3.8, 4) is 5.13 Å². The summed E-state index contributed by atoms with van der Waals surface area (Å²) < 4.78 is 2.03. The van der Waals surface area contributed by atoms with E-state index >= 15 is 0 Å². The standard InChI is InChI=1S/C22H20ClN3OS/c1-14(2)10-15-12-26(20-11-16(23)8-9-18(15)20)22-25-19(13-28-22)21(27)24-17-6-4-3-5-7-17/h3-9,11-14H,10H2,1-2H3,(H,24,27). The molecule has 0 bridgehead atoms. The molecule has 0 saturated heterocycles. The second-order valence-electron chi connectivity index (χ2n) is 7.12. The SMILES string of the molecule is CC(C)Cc1cn(-c2nc(C(=O)Nc3ccccc3)cs2)c2cc(Cl)ccc12. The van der Waals surface area contributed by atoms with Crippen LogP contribution in [0.5, 0.6) is 0 Å². The number of fused-ring (bicyclic) bond motifs is 1. The number of hydrogen-bond acceptors (Lipinski definition) is 3. The van der Waals surface area contributed by atoms with Crippen molar-refractivity contribution >= 4 is 45.4 Å². The smallest absolute Gasteiger partial charge is 0.275 e. The van der Waals surface area contributed by atoms with Crippen molar-refractivity contribution in [1.29, 1.82) is 0 Å². The number of anilines is 1. The first-order valence-corrected chi connectivity index (χ1v) is 10.4. The summed E-state index contributed by atoms with van der Waals surface area (Å²) in [6, 6.07) is 15.3. The number of amides is 1. The Morgan fingerprint density at radius 1 is 1.21 bits per heavy atom. The van der Waals surface area contributed by atoms with E-state index < -0.39 is 0 Å². The lowest BCUT2D eigenvalue weighted by atomic mass is 10.0. The number of benzene rings is 2. The lowest BCUT2D eigenvalue weighted by Gasteiger charge is -2.02. The number of carbonyl (C=O) groups is 1. The number of nitrogens with zero attached hydrogens (tertiary/aromatic N) is 2. The molecule has 0 fully saturated rings. The van der Waals surface area contributed by atoms with Crippen molar-refractivity contribution in [2.75, 3.05) is 5.32 Å². The van der Waals surface area contributed by atoms with Gasteiger partial charge in [-0.3, -0.25) is 9.36 Å². The average Bonchev–Trinajstić information content (AvgIpc) is 3.27. The van der Waals surface area contributed by atoms with Gasteiger partial charge in [-0.05, 0) is 42.2 Å². The van der Waals surface area contributed by atoms with Gasteiger partial charge in [0.15, 0.2) is 5.13 Å². The van der Waals surface area contributed by atoms with Crippen molar-refractivity contribution in [1.82, 2.24) is 9.55 Å². The quantitative estimate of drug-likeness (QED) is 0.427. The number of rotatable bonds is 5. The number of aromatic nitrogens is 2. The topological polar surface area (TPSA) is 46.9 Å². The minimum Gasteiger partial charge on any atom is -0.321 e. The third-order valence-corrected chi connectivity index (χ3v) is 5.52. The van der Waals surface area contributed by atoms with Gasteiger partial charge in [0.1, 0.15) is 5.69 Å². The maximum absolute atomic E-state index is 12.5. The first kappa shape index (κ1) is 18.7. The molecule has 0 aliphatic carbocycles. The van der Waals surface area contributed by atoms with Crippen LogP contribution in [0.15, 0.2) is 60.1 Å². The molecule has 0 atom stereocenters. The van der Waals surface area contributed by atoms with Gasteiger partial charge in [0, 0.05) is 27.7 Å². The van der Waals surface area contributed by atoms with E-state index in [0.717, 1.165) is 22.8 Å². The summed E-state index contributed by atoms with van der Waals surface area (Å²) in [5.74, 6) is 0.323. The summed E-state index contributed by atoms with van der Waals surface area (Å²) in [6.07, 6.45) is 3.08. The van der Waals surface area contributed by atoms with Crippen molar-refractivity contribution in [3.63, 3.8) is 0 Å². The maximum Gasteiger partial charge on any atom is 0.275 e. The molecule has 4 rings (SSSR count). The zero-order valence-electron chi connectivity index (χ0n) is 15.6. The Bertz CT molecular complexity index is 1130. The molecule has 0 saturated carbocycles. The predicted octanol–water partition coefficient (Wildman–Crippen LogP) is 6.19. The molecule has 0 spiro atoms. The van der Waals surface area contributed by atoms with Crippen molar-refractivity contribution in [3.05, 3.63) is 76.4 Å². The lowest BCUT2D eigenvalue weighted by molar-refractivity contribution is 0.102. The van der Waals surface area contributed by atoms with Crippen molar-refractivity contribution in [2.45, 2.75) is 20.3 Å². The molecule has 1 amide bonds. The number of carbonyl (C=O) groups excluding carboxylic acids is 1. The Hall–Kier alpha value is -2.63. The van der Waals surface area contributed by atoms with E-state index in [4.69, 9.17) is 11.6 Å². The minimum atomic E-state index is -0.217. The molecule has 4 nitrogen and oxygen atoms in total. The molecule has 2 aromatic heterocycles. The molecular formula is C22H20ClN3OS. The van der Waals surface area contributed by atoms with Gasteiger partial charge in [0.25, 0.3) is 5.91 Å². The highest BCUT2D eigenvalue weighted by molar-refractivity contribution is 7.12. The Morgan fingerprint density at radius 3 is 2.75 bits per heavy atom. The van der Waals surface area contributed by atoms with Crippen LogP contribution in [0.4, 0.5) is 5.69 Å². The number of para-hydroxylation sites is 1. The molecule has 28 heavy (non-hydrogen) atoms. The molecule has 4 aromatic rings. The molecule has 0 unspecified atom stereocenters. The van der Waals surface area contributed by atoms with Crippen LogP contribution in [0.1, 0.15) is 29.9 Å². The zero-order valence-corrected chi connectivity index (χ0v) is 17.2. The van der Waals surface area contributed by atoms with Crippen LogP contribution in [0.2, 0.25) is 5.02 Å². The van der Waals surface area contributed by atoms with Gasteiger partial charge in [-0.1, -0.05) is 49.7 Å². The van der Waals surface area contributed by atoms with Crippen LogP contribution in [0.25, 0.3) is 16.0 Å². The van der Waals surface area contributed by atoms with E-state index in [-0.39, 0.29) is 5.91 Å². The molecule has 0 aliphatic rings. The highest BCUT2D eigenvalue weighted by atomic mass is 35.5. The van der Waals surface area contributed by atoms with E-state index in [9.17, 15) is 4.79 Å². The van der Waals surface area contributed by atoms with E-state index in [1.54, 1.807) is 5.38 Å². The van der Waals surface area contributed by atoms with Gasteiger partial charge >= 0.3 is 0 Å². The Balaban J connectivity index is 1.69. The summed E-state index contributed by atoms with van der Waals surface area (Å²) in [5, 5.41) is 7.26. The first-order chi connectivity index (χ1) is 13.5. The van der Waals surface area contributed by atoms with Crippen LogP contribution in [-0.2, 0) is 6.42 Å². The fourth-order valence-corrected chi connectivity index (χ4v) is 4.19. The fraction of sp³-hybridized carbons (Fsp3) is 0.182. The molecule has 2 aromatic carbocycles. The van der Waals surface area contributed by atoms with Crippen LogP contribution in [0.3, 0.4) is 0 Å². The summed E-state index contributed by atoms with van der Waals surface area (Å²) in [6.45, 7) is 4.41. The predicted molar refractivity (Wildman–Crippen MR) is 117 cm³/mol. The molecule has 142 valence electrons. The number of nitrogens with one attached hydrogen (secondary N) is 1. The highest BCUT2D eigenvalue weighted by Crippen LogP contribution is 2.30. The van der Waals surface area contributed by atoms with E-state index in [0.29, 0.717) is 16.6 Å². The van der Waals surface area contributed by atoms with Crippen LogP contribution >= 0.6 is 22.9 Å². The van der Waals surface area contributed by atoms with E-state index in [1.807, 2.05) is 47.0 Å². The van der Waals surface area contributed by atoms with E-state index in [2.05, 4.69) is 36.4 Å². The van der Waals surface area contributed by atoms with Gasteiger partial charge in [0.2, 0.25) is 0 Å². The third kappa shape index (κ3) is 3.81. The Labute approximate surface area is 172 Å². The molecule has 6 heteroatoms. The van der Waals surface area contributed by atoms with Crippen molar-refractivity contribution < 1.29 is 4.79 Å². The second-order valence-corrected chi connectivity index (χ2v) is 8.39. The number of halogens is 1. The van der Waals surface area contributed by atoms with Crippen LogP contribution in [0, 0.1) is 5.92 Å². The molecule has 0 radical (unpaired) electrons. The second kappa shape index (κ2) is 7.78. The number of thiazole rings is 1. The maximum atomic E-state index is 12.5. The average molecular weight is 410 g/mol. The Morgan fingerprint density at radius 2 is 2.00 bits per heavy atom. The largest absolute Gasteiger partial charge is 0.321 e. The highest BCUT2D eigenvalue weighted by Gasteiger charge is 2.16. The molecule has 1 N–H and O–H groups in total.